The van der Waals surface area contributed by atoms with Crippen LogP contribution in [0.25, 0.3) is 12.2 Å². The van der Waals surface area contributed by atoms with Gasteiger partial charge in [0.2, 0.25) is 0 Å². The second-order valence-corrected chi connectivity index (χ2v) is 6.32. The van der Waals surface area contributed by atoms with Gasteiger partial charge in [-0.2, -0.15) is 8.78 Å². The van der Waals surface area contributed by atoms with Crippen molar-refractivity contribution >= 4 is 35.4 Å². The first-order valence-electron chi connectivity index (χ1n) is 8.05. The number of rotatable bonds is 7. The Labute approximate surface area is 162 Å². The topological polar surface area (TPSA) is 83.8 Å². The van der Waals surface area contributed by atoms with Crippen LogP contribution in [0.15, 0.2) is 29.1 Å². The van der Waals surface area contributed by atoms with Crippen molar-refractivity contribution < 1.29 is 32.6 Å². The van der Waals surface area contributed by atoms with Crippen LogP contribution in [0, 0.1) is 0 Å². The maximum absolute atomic E-state index is 12.6. The van der Waals surface area contributed by atoms with Crippen LogP contribution in [0.2, 0.25) is 0 Å². The number of benzene rings is 1. The molecule has 0 amide bonds. The fourth-order valence-electron chi connectivity index (χ4n) is 2.17. The normalized spacial score (nSPS) is 12.3. The largest absolute Gasteiger partial charge is 0.468 e. The third kappa shape index (κ3) is 5.74. The van der Waals surface area contributed by atoms with E-state index in [9.17, 15) is 23.2 Å². The summed E-state index contributed by atoms with van der Waals surface area (Å²) in [7, 11) is 1.19. The van der Waals surface area contributed by atoms with Crippen LogP contribution in [0.3, 0.4) is 0 Å². The van der Waals surface area contributed by atoms with Gasteiger partial charge in [0.1, 0.15) is 17.0 Å². The molecule has 150 valence electrons. The van der Waals surface area contributed by atoms with Gasteiger partial charge in [0.05, 0.1) is 24.3 Å². The zero-order chi connectivity index (χ0) is 20.7. The molecule has 1 heterocycles. The lowest BCUT2D eigenvalue weighted by molar-refractivity contribution is -0.141. The molecule has 0 aliphatic carbocycles. The molecule has 0 aliphatic heterocycles. The number of carbonyl (C=O) groups is 2. The summed E-state index contributed by atoms with van der Waals surface area (Å²) >= 11 is 0.982. The molecule has 0 saturated carbocycles. The van der Waals surface area contributed by atoms with Crippen LogP contribution in [0.1, 0.15) is 12.5 Å². The zero-order valence-electron chi connectivity index (χ0n) is 15.0. The predicted octanol–water partition coefficient (Wildman–Crippen LogP) is 0.857. The summed E-state index contributed by atoms with van der Waals surface area (Å²) in [5, 5.41) is 0. The van der Waals surface area contributed by atoms with Gasteiger partial charge in [-0.05, 0) is 30.7 Å². The summed E-state index contributed by atoms with van der Waals surface area (Å²) in [5.74, 6) is -1.32. The number of hydrogen-bond acceptors (Lipinski definition) is 7. The maximum Gasteiger partial charge on any atom is 0.387 e. The number of aromatic nitrogens is 1. The molecule has 1 aromatic carbocycles. The number of alkyl halides is 2. The molecule has 0 atom stereocenters. The van der Waals surface area contributed by atoms with Crippen LogP contribution in [-0.4, -0.2) is 36.8 Å². The fraction of sp³-hybridized carbons (Fsp3) is 0.278. The van der Waals surface area contributed by atoms with Crippen molar-refractivity contribution in [1.29, 1.82) is 0 Å². The average Bonchev–Trinajstić information content (AvgIpc) is 2.91. The number of methoxy groups -OCH3 is 1. The number of thiazole rings is 1. The highest BCUT2D eigenvalue weighted by atomic mass is 32.1. The second kappa shape index (κ2) is 9.79. The molecular formula is C18H17F2NO6S. The van der Waals surface area contributed by atoms with Gasteiger partial charge in [-0.25, -0.2) is 4.79 Å². The smallest absolute Gasteiger partial charge is 0.387 e. The Morgan fingerprint density at radius 1 is 1.25 bits per heavy atom. The number of ether oxygens (including phenoxy) is 3. The van der Waals surface area contributed by atoms with E-state index in [1.807, 2.05) is 0 Å². The minimum atomic E-state index is -2.93. The van der Waals surface area contributed by atoms with Crippen LogP contribution >= 0.6 is 11.3 Å². The number of nitrogens with zero attached hydrogens (tertiary/aromatic N) is 1. The molecule has 0 aliphatic rings. The molecule has 0 radical (unpaired) electrons. The Kier molecular flexibility index (Phi) is 7.44. The highest BCUT2D eigenvalue weighted by Crippen LogP contribution is 2.15. The van der Waals surface area contributed by atoms with Gasteiger partial charge in [-0.1, -0.05) is 12.1 Å². The molecule has 0 unspecified atom stereocenters. The maximum atomic E-state index is 12.6. The summed E-state index contributed by atoms with van der Waals surface area (Å²) in [4.78, 5) is 36.0. The van der Waals surface area contributed by atoms with Crippen LogP contribution in [0.5, 0.6) is 5.75 Å². The highest BCUT2D eigenvalue weighted by molar-refractivity contribution is 7.07. The van der Waals surface area contributed by atoms with Gasteiger partial charge < -0.3 is 14.2 Å². The average molecular weight is 413 g/mol. The van der Waals surface area contributed by atoms with Crippen LogP contribution in [-0.2, 0) is 25.6 Å². The summed E-state index contributed by atoms with van der Waals surface area (Å²) in [5.41, 5.74) is 0.0479. The number of carbonyl (C=O) groups excluding carboxylic acids is 2. The van der Waals surface area contributed by atoms with Gasteiger partial charge in [0, 0.05) is 0 Å². The first-order valence-corrected chi connectivity index (χ1v) is 8.87. The first kappa shape index (κ1) is 21.3. The lowest BCUT2D eigenvalue weighted by atomic mass is 10.2. The lowest BCUT2D eigenvalue weighted by Crippen LogP contribution is -2.34. The van der Waals surface area contributed by atoms with E-state index in [1.165, 1.54) is 37.5 Å². The van der Waals surface area contributed by atoms with Gasteiger partial charge in [-0.3, -0.25) is 14.2 Å². The number of halogens is 2. The standard InChI is InChI=1S/C18H17F2NO6S/c1-3-26-15(22)9-14-21(10-16(23)25-2)17(24)13(28-14)8-11-4-6-12(7-5-11)27-18(19)20/h4-9,18H,3,10H2,1-2H3/b13-8+,14-9-. The summed E-state index contributed by atoms with van der Waals surface area (Å²) in [6.45, 7) is -1.50. The molecular weight excluding hydrogens is 396 g/mol. The van der Waals surface area contributed by atoms with Crippen LogP contribution < -0.4 is 19.5 Å². The quantitative estimate of drug-likeness (QED) is 0.626. The molecule has 2 aromatic rings. The highest BCUT2D eigenvalue weighted by Gasteiger charge is 2.11. The minimum Gasteiger partial charge on any atom is -0.468 e. The van der Waals surface area contributed by atoms with Gasteiger partial charge in [0.25, 0.3) is 5.56 Å². The zero-order valence-corrected chi connectivity index (χ0v) is 15.8. The molecule has 0 bridgehead atoms. The Bertz CT molecular complexity index is 1010. The van der Waals surface area contributed by atoms with Crippen molar-refractivity contribution in [2.24, 2.45) is 0 Å². The molecule has 1 aromatic heterocycles. The monoisotopic (exact) mass is 413 g/mol. The molecule has 0 N–H and O–H groups in total. The third-order valence-corrected chi connectivity index (χ3v) is 4.44. The molecule has 7 nitrogen and oxygen atoms in total. The Morgan fingerprint density at radius 3 is 2.50 bits per heavy atom. The Hall–Kier alpha value is -3.01. The van der Waals surface area contributed by atoms with E-state index in [0.29, 0.717) is 5.56 Å². The Morgan fingerprint density at radius 2 is 1.93 bits per heavy atom. The first-order chi connectivity index (χ1) is 13.3. The van der Waals surface area contributed by atoms with E-state index in [0.717, 1.165) is 22.0 Å². The van der Waals surface area contributed by atoms with E-state index in [2.05, 4.69) is 9.47 Å². The van der Waals surface area contributed by atoms with Crippen LogP contribution in [0.4, 0.5) is 8.78 Å². The van der Waals surface area contributed by atoms with Crippen molar-refractivity contribution in [2.45, 2.75) is 20.1 Å². The Balaban J connectivity index is 2.49. The van der Waals surface area contributed by atoms with E-state index in [4.69, 9.17) is 4.74 Å². The van der Waals surface area contributed by atoms with E-state index in [1.54, 1.807) is 6.92 Å². The molecule has 2 rings (SSSR count). The van der Waals surface area contributed by atoms with Gasteiger partial charge in [0.15, 0.2) is 0 Å². The van der Waals surface area contributed by atoms with Crippen molar-refractivity contribution in [1.82, 2.24) is 4.57 Å². The van der Waals surface area contributed by atoms with E-state index >= 15 is 0 Å². The van der Waals surface area contributed by atoms with Gasteiger partial charge >= 0.3 is 18.6 Å². The summed E-state index contributed by atoms with van der Waals surface area (Å²) < 4.78 is 39.7. The molecule has 0 fully saturated rings. The second-order valence-electron chi connectivity index (χ2n) is 5.26. The van der Waals surface area contributed by atoms with Crippen molar-refractivity contribution in [3.8, 4) is 5.75 Å². The van der Waals surface area contributed by atoms with Gasteiger partial charge in [-0.15, -0.1) is 11.3 Å². The van der Waals surface area contributed by atoms with Crippen molar-refractivity contribution in [2.75, 3.05) is 13.7 Å². The molecule has 28 heavy (non-hydrogen) atoms. The van der Waals surface area contributed by atoms with Crippen molar-refractivity contribution in [3.05, 3.63) is 49.4 Å². The van der Waals surface area contributed by atoms with E-state index < -0.39 is 24.1 Å². The van der Waals surface area contributed by atoms with Crippen molar-refractivity contribution in [3.63, 3.8) is 0 Å². The summed E-state index contributed by atoms with van der Waals surface area (Å²) in [6, 6.07) is 5.67. The lowest BCUT2D eigenvalue weighted by Gasteiger charge is -2.03. The SMILES string of the molecule is CCOC(=O)/C=c1\s/c(=C/c2ccc(OC(F)F)cc2)c(=O)n1CC(=O)OC. The molecule has 10 heteroatoms. The minimum absolute atomic E-state index is 0.0160. The number of esters is 2. The summed E-state index contributed by atoms with van der Waals surface area (Å²) in [6.07, 6.45) is 2.63. The molecule has 0 saturated heterocycles. The third-order valence-electron chi connectivity index (χ3n) is 3.38. The predicted molar refractivity (Wildman–Crippen MR) is 97.6 cm³/mol. The fourth-order valence-corrected chi connectivity index (χ4v) is 3.20. The van der Waals surface area contributed by atoms with E-state index in [-0.39, 0.29) is 28.1 Å². The molecule has 0 spiro atoms. The number of hydrogen-bond donors (Lipinski definition) is 0.